The normalized spacial score (nSPS) is 10.9. The van der Waals surface area contributed by atoms with Gasteiger partial charge in [0.25, 0.3) is 15.9 Å². The number of carbonyl (C=O) groups is 1. The summed E-state index contributed by atoms with van der Waals surface area (Å²) in [6, 6.07) is 18.1. The molecule has 34 heavy (non-hydrogen) atoms. The highest BCUT2D eigenvalue weighted by Gasteiger charge is 2.17. The lowest BCUT2D eigenvalue weighted by Gasteiger charge is -2.11. The number of rotatable bonds is 11. The maximum atomic E-state index is 12.8. The minimum atomic E-state index is -3.87. The van der Waals surface area contributed by atoms with E-state index in [4.69, 9.17) is 14.2 Å². The molecule has 0 aliphatic rings. The molecule has 0 aliphatic carbocycles. The van der Waals surface area contributed by atoms with E-state index in [1.54, 1.807) is 44.6 Å². The van der Waals surface area contributed by atoms with Crippen LogP contribution in [0.4, 0.5) is 5.69 Å². The molecular weight excluding hydrogens is 456 g/mol. The van der Waals surface area contributed by atoms with E-state index in [1.807, 2.05) is 25.1 Å². The summed E-state index contributed by atoms with van der Waals surface area (Å²) in [6.45, 7) is 2.76. The lowest BCUT2D eigenvalue weighted by molar-refractivity contribution is 0.0954. The smallest absolute Gasteiger partial charge is 0.261 e. The molecule has 0 spiro atoms. The minimum absolute atomic E-state index is 0.00562. The maximum absolute atomic E-state index is 12.8. The number of hydrogen-bond acceptors (Lipinski definition) is 6. The van der Waals surface area contributed by atoms with Gasteiger partial charge in [0.2, 0.25) is 0 Å². The number of methoxy groups -OCH3 is 2. The van der Waals surface area contributed by atoms with Crippen molar-refractivity contribution < 1.29 is 27.4 Å². The highest BCUT2D eigenvalue weighted by Crippen LogP contribution is 2.27. The quantitative estimate of drug-likeness (QED) is 0.428. The van der Waals surface area contributed by atoms with Crippen LogP contribution in [0.2, 0.25) is 0 Å². The van der Waals surface area contributed by atoms with Crippen molar-refractivity contribution in [2.75, 3.05) is 32.1 Å². The fourth-order valence-electron chi connectivity index (χ4n) is 3.26. The first kappa shape index (κ1) is 24.9. The third kappa shape index (κ3) is 6.41. The second-order valence-corrected chi connectivity index (χ2v) is 8.97. The van der Waals surface area contributed by atoms with E-state index in [2.05, 4.69) is 10.0 Å². The number of sulfonamides is 1. The second-order valence-electron chi connectivity index (χ2n) is 7.29. The van der Waals surface area contributed by atoms with Crippen LogP contribution in [0.5, 0.6) is 17.2 Å². The summed E-state index contributed by atoms with van der Waals surface area (Å²) in [7, 11) is -0.735. The van der Waals surface area contributed by atoms with Crippen LogP contribution >= 0.6 is 0 Å². The molecule has 2 N–H and O–H groups in total. The molecule has 0 heterocycles. The standard InChI is InChI=1S/C25H28N2O6S/c1-4-33-21-11-9-20(10-12-21)27-34(29,30)22-7-5-6-19(17-22)25(28)26-15-14-18-8-13-23(31-2)24(16-18)32-3/h5-13,16-17,27H,4,14-15H2,1-3H3,(H,26,28). The van der Waals surface area contributed by atoms with Gasteiger partial charge in [-0.25, -0.2) is 8.42 Å². The van der Waals surface area contributed by atoms with Crippen LogP contribution in [0.25, 0.3) is 0 Å². The third-order valence-corrected chi connectivity index (χ3v) is 6.35. The Bertz CT molecular complexity index is 1230. The first-order valence-corrected chi connectivity index (χ1v) is 12.2. The summed E-state index contributed by atoms with van der Waals surface area (Å²) in [5, 5.41) is 2.82. The number of nitrogens with one attached hydrogen (secondary N) is 2. The van der Waals surface area contributed by atoms with E-state index in [0.717, 1.165) is 5.56 Å². The fraction of sp³-hybridized carbons (Fsp3) is 0.240. The Labute approximate surface area is 199 Å². The SMILES string of the molecule is CCOc1ccc(NS(=O)(=O)c2cccc(C(=O)NCCc3ccc(OC)c(OC)c3)c2)cc1. The Kier molecular flexibility index (Phi) is 8.37. The zero-order valence-corrected chi connectivity index (χ0v) is 20.1. The Morgan fingerprint density at radius 2 is 1.65 bits per heavy atom. The highest BCUT2D eigenvalue weighted by atomic mass is 32.2. The number of ether oxygens (including phenoxy) is 3. The molecule has 3 aromatic rings. The molecule has 1 amide bonds. The average Bonchev–Trinajstić information content (AvgIpc) is 2.85. The summed E-state index contributed by atoms with van der Waals surface area (Å²) < 4.78 is 44.0. The van der Waals surface area contributed by atoms with Gasteiger partial charge in [0.15, 0.2) is 11.5 Å². The highest BCUT2D eigenvalue weighted by molar-refractivity contribution is 7.92. The molecule has 180 valence electrons. The monoisotopic (exact) mass is 484 g/mol. The molecule has 8 nitrogen and oxygen atoms in total. The molecule has 0 saturated heterocycles. The Morgan fingerprint density at radius 1 is 0.912 bits per heavy atom. The van der Waals surface area contributed by atoms with E-state index in [1.165, 1.54) is 18.2 Å². The first-order valence-electron chi connectivity index (χ1n) is 10.7. The lowest BCUT2D eigenvalue weighted by atomic mass is 10.1. The molecule has 0 aliphatic heterocycles. The van der Waals surface area contributed by atoms with Gasteiger partial charge in [-0.3, -0.25) is 9.52 Å². The molecule has 0 fully saturated rings. The molecule has 0 bridgehead atoms. The molecule has 3 rings (SSSR count). The summed E-state index contributed by atoms with van der Waals surface area (Å²) in [4.78, 5) is 12.6. The van der Waals surface area contributed by atoms with Gasteiger partial charge >= 0.3 is 0 Å². The Balaban J connectivity index is 1.63. The van der Waals surface area contributed by atoms with Crippen molar-refractivity contribution in [1.29, 1.82) is 0 Å². The van der Waals surface area contributed by atoms with Crippen LogP contribution in [0.3, 0.4) is 0 Å². The number of benzene rings is 3. The van der Waals surface area contributed by atoms with Gasteiger partial charge in [-0.1, -0.05) is 12.1 Å². The first-order chi connectivity index (χ1) is 16.4. The van der Waals surface area contributed by atoms with Crippen LogP contribution in [-0.2, 0) is 16.4 Å². The van der Waals surface area contributed by atoms with Crippen LogP contribution < -0.4 is 24.2 Å². The third-order valence-electron chi connectivity index (χ3n) is 4.97. The van der Waals surface area contributed by atoms with Gasteiger partial charge in [-0.05, 0) is 73.5 Å². The molecule has 0 atom stereocenters. The van der Waals surface area contributed by atoms with E-state index in [-0.39, 0.29) is 16.4 Å². The van der Waals surface area contributed by atoms with Gasteiger partial charge in [0.1, 0.15) is 5.75 Å². The maximum Gasteiger partial charge on any atom is 0.261 e. The molecule has 3 aromatic carbocycles. The topological polar surface area (TPSA) is 103 Å². The van der Waals surface area contributed by atoms with Crippen molar-refractivity contribution in [2.45, 2.75) is 18.2 Å². The zero-order chi connectivity index (χ0) is 24.6. The molecule has 0 saturated carbocycles. The van der Waals surface area contributed by atoms with Crippen molar-refractivity contribution in [3.05, 3.63) is 77.9 Å². The van der Waals surface area contributed by atoms with Crippen molar-refractivity contribution >= 4 is 21.6 Å². The summed E-state index contributed by atoms with van der Waals surface area (Å²) in [5.74, 6) is 1.53. The predicted molar refractivity (Wildman–Crippen MR) is 130 cm³/mol. The van der Waals surface area contributed by atoms with Crippen LogP contribution in [0.15, 0.2) is 71.6 Å². The van der Waals surface area contributed by atoms with Crippen molar-refractivity contribution in [3.8, 4) is 17.2 Å². The number of hydrogen-bond donors (Lipinski definition) is 2. The molecule has 0 aromatic heterocycles. The fourth-order valence-corrected chi connectivity index (χ4v) is 4.37. The Morgan fingerprint density at radius 3 is 2.32 bits per heavy atom. The molecule has 0 unspecified atom stereocenters. The van der Waals surface area contributed by atoms with Crippen molar-refractivity contribution in [3.63, 3.8) is 0 Å². The summed E-state index contributed by atoms with van der Waals surface area (Å²) in [5.41, 5.74) is 1.61. The Hall–Kier alpha value is -3.72. The van der Waals surface area contributed by atoms with Gasteiger partial charge in [-0.2, -0.15) is 0 Å². The zero-order valence-electron chi connectivity index (χ0n) is 19.3. The number of amides is 1. The van der Waals surface area contributed by atoms with E-state index in [0.29, 0.717) is 42.5 Å². The average molecular weight is 485 g/mol. The summed E-state index contributed by atoms with van der Waals surface area (Å²) >= 11 is 0. The largest absolute Gasteiger partial charge is 0.494 e. The number of anilines is 1. The minimum Gasteiger partial charge on any atom is -0.494 e. The van der Waals surface area contributed by atoms with Crippen molar-refractivity contribution in [2.24, 2.45) is 0 Å². The lowest BCUT2D eigenvalue weighted by Crippen LogP contribution is -2.26. The second kappa shape index (κ2) is 11.4. The van der Waals surface area contributed by atoms with Gasteiger partial charge in [0, 0.05) is 17.8 Å². The van der Waals surface area contributed by atoms with Crippen LogP contribution in [0.1, 0.15) is 22.8 Å². The van der Waals surface area contributed by atoms with Gasteiger partial charge < -0.3 is 19.5 Å². The molecule has 0 radical (unpaired) electrons. The van der Waals surface area contributed by atoms with E-state index >= 15 is 0 Å². The van der Waals surface area contributed by atoms with Crippen molar-refractivity contribution in [1.82, 2.24) is 5.32 Å². The van der Waals surface area contributed by atoms with Crippen LogP contribution in [-0.4, -0.2) is 41.7 Å². The predicted octanol–water partition coefficient (Wildman–Crippen LogP) is 3.88. The molecular formula is C25H28N2O6S. The van der Waals surface area contributed by atoms with Gasteiger partial charge in [-0.15, -0.1) is 0 Å². The van der Waals surface area contributed by atoms with E-state index in [9.17, 15) is 13.2 Å². The van der Waals surface area contributed by atoms with Crippen LogP contribution in [0, 0.1) is 0 Å². The van der Waals surface area contributed by atoms with E-state index < -0.39 is 10.0 Å². The summed E-state index contributed by atoms with van der Waals surface area (Å²) in [6.07, 6.45) is 0.573. The molecule has 9 heteroatoms. The van der Waals surface area contributed by atoms with Gasteiger partial charge in [0.05, 0.1) is 25.7 Å². The number of carbonyl (C=O) groups excluding carboxylic acids is 1.